The van der Waals surface area contributed by atoms with Crippen LogP contribution in [0.5, 0.6) is 0 Å². The van der Waals surface area contributed by atoms with Gasteiger partial charge in [0.15, 0.2) is 0 Å². The summed E-state index contributed by atoms with van der Waals surface area (Å²) in [7, 11) is 0. The zero-order chi connectivity index (χ0) is 20.5. The van der Waals surface area contributed by atoms with Gasteiger partial charge in [0.05, 0.1) is 6.04 Å². The molecule has 1 aliphatic heterocycles. The summed E-state index contributed by atoms with van der Waals surface area (Å²) < 4.78 is 51.6. The van der Waals surface area contributed by atoms with E-state index in [9.17, 15) is 22.4 Å². The number of aryl methyl sites for hydroxylation is 2. The summed E-state index contributed by atoms with van der Waals surface area (Å²) in [5, 5.41) is 2.09. The molecule has 2 aromatic rings. The molecule has 2 unspecified atom stereocenters. The number of alkyl halides is 3. The zero-order valence-corrected chi connectivity index (χ0v) is 15.4. The van der Waals surface area contributed by atoms with E-state index in [-0.39, 0.29) is 12.5 Å². The minimum absolute atomic E-state index is 0.117. The molecule has 9 heteroatoms. The standard InChI is InChI=1S/C19H20F4N4O/c1-11-9-24-18(25-12(11)2)27-8-7-15(13-3-5-14(20)6-4-13)16(10-27)26-17(28)19(21,22)23/h3-6,9,15-16H,7-8,10H2,1-2H3,(H,26,28). The number of nitrogens with one attached hydrogen (secondary N) is 1. The van der Waals surface area contributed by atoms with Crippen molar-refractivity contribution >= 4 is 11.9 Å². The zero-order valence-electron chi connectivity index (χ0n) is 15.4. The molecule has 1 amide bonds. The molecule has 150 valence electrons. The SMILES string of the molecule is Cc1cnc(N2CCC(c3ccc(F)cc3)C(NC(=O)C(F)(F)F)C2)nc1C. The molecular formula is C19H20F4N4O. The Kier molecular flexibility index (Phi) is 5.53. The van der Waals surface area contributed by atoms with E-state index in [1.54, 1.807) is 11.1 Å². The molecule has 2 atom stereocenters. The molecule has 3 rings (SSSR count). The largest absolute Gasteiger partial charge is 0.471 e. The van der Waals surface area contributed by atoms with Crippen LogP contribution < -0.4 is 10.2 Å². The third-order valence-electron chi connectivity index (χ3n) is 4.98. The van der Waals surface area contributed by atoms with Crippen LogP contribution in [0, 0.1) is 19.7 Å². The summed E-state index contributed by atoms with van der Waals surface area (Å²) in [6.07, 6.45) is -2.86. The van der Waals surface area contributed by atoms with Gasteiger partial charge in [-0.05, 0) is 43.5 Å². The number of nitrogens with zero attached hydrogens (tertiary/aromatic N) is 3. The third-order valence-corrected chi connectivity index (χ3v) is 4.98. The monoisotopic (exact) mass is 396 g/mol. The minimum Gasteiger partial charge on any atom is -0.343 e. The molecule has 0 radical (unpaired) electrons. The van der Waals surface area contributed by atoms with E-state index in [0.717, 1.165) is 11.3 Å². The molecule has 1 saturated heterocycles. The number of carbonyl (C=O) groups is 1. The van der Waals surface area contributed by atoms with Crippen LogP contribution in [0.25, 0.3) is 0 Å². The number of halogens is 4. The highest BCUT2D eigenvalue weighted by Crippen LogP contribution is 2.31. The minimum atomic E-state index is -4.98. The van der Waals surface area contributed by atoms with Crippen molar-refractivity contribution in [1.82, 2.24) is 15.3 Å². The van der Waals surface area contributed by atoms with Gasteiger partial charge in [0.1, 0.15) is 5.82 Å². The van der Waals surface area contributed by atoms with E-state index in [2.05, 4.69) is 15.3 Å². The number of aromatic nitrogens is 2. The number of hydrogen-bond donors (Lipinski definition) is 1. The smallest absolute Gasteiger partial charge is 0.343 e. The van der Waals surface area contributed by atoms with Crippen LogP contribution in [0.1, 0.15) is 29.2 Å². The summed E-state index contributed by atoms with van der Waals surface area (Å²) in [6.45, 7) is 4.32. The molecule has 2 heterocycles. The quantitative estimate of drug-likeness (QED) is 0.809. The molecule has 0 saturated carbocycles. The van der Waals surface area contributed by atoms with Crippen molar-refractivity contribution < 1.29 is 22.4 Å². The van der Waals surface area contributed by atoms with Crippen molar-refractivity contribution in [3.8, 4) is 0 Å². The van der Waals surface area contributed by atoms with Crippen molar-refractivity contribution in [3.63, 3.8) is 0 Å². The number of anilines is 1. The second kappa shape index (κ2) is 7.73. The van der Waals surface area contributed by atoms with Gasteiger partial charge in [-0.1, -0.05) is 12.1 Å². The molecule has 1 aromatic heterocycles. The van der Waals surface area contributed by atoms with Gasteiger partial charge >= 0.3 is 12.1 Å². The van der Waals surface area contributed by atoms with Gasteiger partial charge in [-0.15, -0.1) is 0 Å². The summed E-state index contributed by atoms with van der Waals surface area (Å²) >= 11 is 0. The Labute approximate surface area is 159 Å². The first-order valence-electron chi connectivity index (χ1n) is 8.83. The molecule has 28 heavy (non-hydrogen) atoms. The molecule has 0 aliphatic carbocycles. The molecule has 1 aromatic carbocycles. The van der Waals surface area contributed by atoms with Gasteiger partial charge in [-0.3, -0.25) is 4.79 Å². The highest BCUT2D eigenvalue weighted by molar-refractivity contribution is 5.82. The van der Waals surface area contributed by atoms with Crippen LogP contribution in [-0.4, -0.2) is 41.2 Å². The third kappa shape index (κ3) is 4.40. The molecule has 1 aliphatic rings. The maximum absolute atomic E-state index is 13.2. The van der Waals surface area contributed by atoms with Gasteiger partial charge in [0.2, 0.25) is 5.95 Å². The van der Waals surface area contributed by atoms with Gasteiger partial charge in [0, 0.05) is 30.9 Å². The van der Waals surface area contributed by atoms with E-state index >= 15 is 0 Å². The summed E-state index contributed by atoms with van der Waals surface area (Å²) in [5.74, 6) is -2.39. The number of rotatable bonds is 3. The number of carbonyl (C=O) groups excluding carboxylic acids is 1. The Bertz CT molecular complexity index is 854. The molecule has 0 bridgehead atoms. The van der Waals surface area contributed by atoms with Gasteiger partial charge < -0.3 is 10.2 Å². The average molecular weight is 396 g/mol. The first-order valence-corrected chi connectivity index (χ1v) is 8.83. The second-order valence-electron chi connectivity index (χ2n) is 6.91. The number of hydrogen-bond acceptors (Lipinski definition) is 4. The molecule has 1 fully saturated rings. The maximum Gasteiger partial charge on any atom is 0.471 e. The van der Waals surface area contributed by atoms with Crippen molar-refractivity contribution in [2.45, 2.75) is 38.4 Å². The summed E-state index contributed by atoms with van der Waals surface area (Å²) in [6, 6.07) is 4.77. The predicted octanol–water partition coefficient (Wildman–Crippen LogP) is 3.27. The Morgan fingerprint density at radius 3 is 2.50 bits per heavy atom. The van der Waals surface area contributed by atoms with Crippen LogP contribution >= 0.6 is 0 Å². The van der Waals surface area contributed by atoms with Crippen molar-refractivity contribution in [2.75, 3.05) is 18.0 Å². The lowest BCUT2D eigenvalue weighted by molar-refractivity contribution is -0.174. The normalized spacial score (nSPS) is 20.1. The van der Waals surface area contributed by atoms with E-state index in [4.69, 9.17) is 0 Å². The molecule has 5 nitrogen and oxygen atoms in total. The first-order chi connectivity index (χ1) is 13.1. The van der Waals surface area contributed by atoms with Crippen LogP contribution in [0.15, 0.2) is 30.5 Å². The van der Waals surface area contributed by atoms with E-state index in [0.29, 0.717) is 24.5 Å². The Morgan fingerprint density at radius 2 is 1.89 bits per heavy atom. The Hall–Kier alpha value is -2.71. The van der Waals surface area contributed by atoms with Crippen LogP contribution in [0.3, 0.4) is 0 Å². The highest BCUT2D eigenvalue weighted by atomic mass is 19.4. The predicted molar refractivity (Wildman–Crippen MR) is 95.5 cm³/mol. The average Bonchev–Trinajstić information content (AvgIpc) is 2.64. The lowest BCUT2D eigenvalue weighted by atomic mass is 9.85. The van der Waals surface area contributed by atoms with Crippen LogP contribution in [-0.2, 0) is 4.79 Å². The lowest BCUT2D eigenvalue weighted by Gasteiger charge is -2.39. The van der Waals surface area contributed by atoms with Gasteiger partial charge in [0.25, 0.3) is 0 Å². The lowest BCUT2D eigenvalue weighted by Crippen LogP contribution is -2.54. The van der Waals surface area contributed by atoms with Crippen molar-refractivity contribution in [1.29, 1.82) is 0 Å². The molecular weight excluding hydrogens is 376 g/mol. The van der Waals surface area contributed by atoms with Crippen LogP contribution in [0.4, 0.5) is 23.5 Å². The number of benzene rings is 1. The second-order valence-corrected chi connectivity index (χ2v) is 6.91. The number of piperidine rings is 1. The fourth-order valence-electron chi connectivity index (χ4n) is 3.31. The Balaban J connectivity index is 1.86. The van der Waals surface area contributed by atoms with Gasteiger partial charge in [-0.25, -0.2) is 14.4 Å². The van der Waals surface area contributed by atoms with Crippen molar-refractivity contribution in [2.24, 2.45) is 0 Å². The van der Waals surface area contributed by atoms with Gasteiger partial charge in [-0.2, -0.15) is 13.2 Å². The fraction of sp³-hybridized carbons (Fsp3) is 0.421. The van der Waals surface area contributed by atoms with Crippen molar-refractivity contribution in [3.05, 3.63) is 53.1 Å². The topological polar surface area (TPSA) is 58.1 Å². The van der Waals surface area contributed by atoms with Crippen LogP contribution in [0.2, 0.25) is 0 Å². The molecule has 0 spiro atoms. The fourth-order valence-corrected chi connectivity index (χ4v) is 3.31. The highest BCUT2D eigenvalue weighted by Gasteiger charge is 2.42. The van der Waals surface area contributed by atoms with E-state index in [1.165, 1.54) is 24.3 Å². The van der Waals surface area contributed by atoms with E-state index < -0.39 is 23.9 Å². The summed E-state index contributed by atoms with van der Waals surface area (Å²) in [4.78, 5) is 22.0. The first kappa shape index (κ1) is 20.0. The Morgan fingerprint density at radius 1 is 1.21 bits per heavy atom. The summed E-state index contributed by atoms with van der Waals surface area (Å²) in [5.41, 5.74) is 2.36. The number of amides is 1. The maximum atomic E-state index is 13.2. The molecule has 1 N–H and O–H groups in total. The van der Waals surface area contributed by atoms with E-state index in [1.807, 2.05) is 13.8 Å².